The number of rotatable bonds is 7. The highest BCUT2D eigenvalue weighted by Crippen LogP contribution is 2.55. The largest absolute Gasteiger partial charge is 0.383 e. The Kier molecular flexibility index (Phi) is 6.26. The zero-order valence-electron chi connectivity index (χ0n) is 17.2. The molecule has 0 bridgehead atoms. The zero-order chi connectivity index (χ0) is 23.1. The Balaban J connectivity index is 1.56. The van der Waals surface area contributed by atoms with Gasteiger partial charge in [-0.05, 0) is 18.9 Å². The van der Waals surface area contributed by atoms with Crippen molar-refractivity contribution in [3.63, 3.8) is 0 Å². The topological polar surface area (TPSA) is 170 Å². The summed E-state index contributed by atoms with van der Waals surface area (Å²) in [6.45, 7) is 2.06. The lowest BCUT2D eigenvalue weighted by Gasteiger charge is -2.16. The first-order chi connectivity index (χ1) is 15.0. The summed E-state index contributed by atoms with van der Waals surface area (Å²) in [5, 5.41) is 0.734. The third-order valence-corrected chi connectivity index (χ3v) is 8.74. The van der Waals surface area contributed by atoms with Crippen LogP contribution in [0.15, 0.2) is 36.8 Å². The van der Waals surface area contributed by atoms with E-state index in [4.69, 9.17) is 24.8 Å². The van der Waals surface area contributed by atoms with Crippen LogP contribution in [0.5, 0.6) is 0 Å². The van der Waals surface area contributed by atoms with Crippen molar-refractivity contribution < 1.29 is 33.1 Å². The van der Waals surface area contributed by atoms with Crippen molar-refractivity contribution in [2.45, 2.75) is 25.5 Å². The van der Waals surface area contributed by atoms with Gasteiger partial charge in [-0.1, -0.05) is 29.8 Å². The molecule has 3 aromatic rings. The first kappa shape index (κ1) is 23.1. The minimum Gasteiger partial charge on any atom is -0.383 e. The third-order valence-electron chi connectivity index (χ3n) is 5.28. The van der Waals surface area contributed by atoms with Gasteiger partial charge in [0.05, 0.1) is 30.7 Å². The third kappa shape index (κ3) is 5.10. The number of hydrogen-bond donors (Lipinski definition) is 4. The van der Waals surface area contributed by atoms with E-state index < -0.39 is 27.2 Å². The summed E-state index contributed by atoms with van der Waals surface area (Å²) in [5.74, 6) is -0.865. The Labute approximate surface area is 183 Å². The van der Waals surface area contributed by atoms with Gasteiger partial charge in [0.25, 0.3) is 0 Å². The van der Waals surface area contributed by atoms with Gasteiger partial charge in [-0.2, -0.15) is 0 Å². The van der Waals surface area contributed by atoms with Crippen LogP contribution in [0.25, 0.3) is 22.2 Å². The molecule has 2 aromatic heterocycles. The molecule has 1 saturated heterocycles. The summed E-state index contributed by atoms with van der Waals surface area (Å²) < 4.78 is 35.4. The van der Waals surface area contributed by atoms with Crippen molar-refractivity contribution in [1.29, 1.82) is 0 Å². The van der Waals surface area contributed by atoms with E-state index in [2.05, 4.69) is 9.97 Å². The molecule has 1 aliphatic rings. The molecule has 3 heterocycles. The zero-order valence-corrected chi connectivity index (χ0v) is 19.0. The quantitative estimate of drug-likeness (QED) is 0.367. The molecule has 3 atom stereocenters. The van der Waals surface area contributed by atoms with E-state index in [0.717, 1.165) is 22.1 Å². The normalized spacial score (nSPS) is 21.1. The second-order valence-corrected chi connectivity index (χ2v) is 11.9. The van der Waals surface area contributed by atoms with E-state index >= 15 is 0 Å². The SMILES string of the molecule is Cc1ccc(-c2cn(C3COC(COP(=O)(O)CP(=O)(O)O)C3)c3ncnc(N)c23)cc1. The summed E-state index contributed by atoms with van der Waals surface area (Å²) in [6.07, 6.45) is 3.28. The maximum atomic E-state index is 11.9. The average molecular weight is 482 g/mol. The van der Waals surface area contributed by atoms with Crippen molar-refractivity contribution >= 4 is 32.0 Å². The summed E-state index contributed by atoms with van der Waals surface area (Å²) in [7, 11) is -9.11. The van der Waals surface area contributed by atoms with Gasteiger partial charge in [-0.25, -0.2) is 9.97 Å². The molecule has 0 aliphatic carbocycles. The maximum Gasteiger partial charge on any atom is 0.340 e. The molecule has 32 heavy (non-hydrogen) atoms. The lowest BCUT2D eigenvalue weighted by Crippen LogP contribution is -2.14. The number of fused-ring (bicyclic) bond motifs is 1. The van der Waals surface area contributed by atoms with E-state index in [1.54, 1.807) is 0 Å². The van der Waals surface area contributed by atoms with E-state index in [-0.39, 0.29) is 12.6 Å². The second kappa shape index (κ2) is 8.68. The fourth-order valence-electron chi connectivity index (χ4n) is 3.81. The fourth-order valence-corrected chi connectivity index (χ4v) is 6.40. The van der Waals surface area contributed by atoms with Crippen molar-refractivity contribution in [3.05, 3.63) is 42.4 Å². The Morgan fingerprint density at radius 2 is 1.94 bits per heavy atom. The van der Waals surface area contributed by atoms with Crippen molar-refractivity contribution in [1.82, 2.24) is 14.5 Å². The predicted octanol–water partition coefficient (Wildman–Crippen LogP) is 2.66. The monoisotopic (exact) mass is 482 g/mol. The van der Waals surface area contributed by atoms with Crippen LogP contribution < -0.4 is 5.73 Å². The molecule has 0 spiro atoms. The molecule has 4 rings (SSSR count). The van der Waals surface area contributed by atoms with Crippen LogP contribution >= 0.6 is 15.2 Å². The van der Waals surface area contributed by atoms with E-state index in [9.17, 15) is 14.0 Å². The first-order valence-electron chi connectivity index (χ1n) is 9.83. The van der Waals surface area contributed by atoms with E-state index in [0.29, 0.717) is 24.5 Å². The molecule has 172 valence electrons. The van der Waals surface area contributed by atoms with Crippen LogP contribution in [-0.2, 0) is 18.4 Å². The summed E-state index contributed by atoms with van der Waals surface area (Å²) in [6, 6.07) is 7.88. The van der Waals surface area contributed by atoms with E-state index in [1.807, 2.05) is 42.0 Å². The lowest BCUT2D eigenvalue weighted by molar-refractivity contribution is 0.0621. The number of hydrogen-bond acceptors (Lipinski definition) is 7. The predicted molar refractivity (Wildman–Crippen MR) is 118 cm³/mol. The van der Waals surface area contributed by atoms with Crippen molar-refractivity contribution in [2.24, 2.45) is 0 Å². The standard InChI is InChI=1S/C19H24N4O7P2/c1-12-2-4-13(5-3-12)16-7-23(19-17(16)18(20)21-10-22-19)14-6-15(29-8-14)9-30-32(27,28)11-31(24,25)26/h2-5,7,10,14-15H,6,8-9,11H2,1H3,(H,27,28)(H2,20,21,22)(H2,24,25,26). The maximum absolute atomic E-state index is 11.9. The first-order valence-corrected chi connectivity index (χ1v) is 13.4. The number of nitrogen functional groups attached to an aromatic ring is 1. The number of aryl methyl sites for hydroxylation is 1. The molecular weight excluding hydrogens is 458 g/mol. The number of nitrogens with zero attached hydrogens (tertiary/aromatic N) is 3. The number of anilines is 1. The molecule has 1 fully saturated rings. The van der Waals surface area contributed by atoms with Gasteiger partial charge in [0.1, 0.15) is 17.8 Å². The molecule has 13 heteroatoms. The smallest absolute Gasteiger partial charge is 0.340 e. The average Bonchev–Trinajstić information content (AvgIpc) is 3.31. The number of nitrogens with two attached hydrogens (primary N) is 1. The van der Waals surface area contributed by atoms with Crippen LogP contribution in [0.4, 0.5) is 5.82 Å². The molecule has 1 aliphatic heterocycles. The summed E-state index contributed by atoms with van der Waals surface area (Å²) in [4.78, 5) is 36.0. The number of benzene rings is 1. The molecule has 3 unspecified atom stereocenters. The fraction of sp³-hybridized carbons (Fsp3) is 0.368. The minimum absolute atomic E-state index is 0.139. The van der Waals surface area contributed by atoms with Gasteiger partial charge in [0.15, 0.2) is 5.90 Å². The van der Waals surface area contributed by atoms with Crippen molar-refractivity contribution in [3.8, 4) is 11.1 Å². The highest BCUT2D eigenvalue weighted by Gasteiger charge is 2.34. The molecule has 11 nitrogen and oxygen atoms in total. The van der Waals surface area contributed by atoms with Gasteiger partial charge in [-0.3, -0.25) is 9.13 Å². The number of aromatic nitrogens is 3. The highest BCUT2D eigenvalue weighted by molar-refractivity contribution is 7.70. The summed E-state index contributed by atoms with van der Waals surface area (Å²) in [5.41, 5.74) is 9.81. The number of ether oxygens (including phenoxy) is 1. The van der Waals surface area contributed by atoms with Gasteiger partial charge in [0, 0.05) is 11.8 Å². The summed E-state index contributed by atoms with van der Waals surface area (Å²) >= 11 is 0. The molecule has 5 N–H and O–H groups in total. The van der Waals surface area contributed by atoms with Crippen LogP contribution in [0.2, 0.25) is 0 Å². The van der Waals surface area contributed by atoms with Crippen LogP contribution in [0.1, 0.15) is 18.0 Å². The minimum atomic E-state index is -4.68. The van der Waals surface area contributed by atoms with Crippen LogP contribution in [-0.4, -0.2) is 54.4 Å². The lowest BCUT2D eigenvalue weighted by atomic mass is 10.0. The highest BCUT2D eigenvalue weighted by atomic mass is 31.2. The van der Waals surface area contributed by atoms with Crippen molar-refractivity contribution in [2.75, 3.05) is 24.9 Å². The van der Waals surface area contributed by atoms with Crippen LogP contribution in [0.3, 0.4) is 0 Å². The molecular formula is C19H24N4O7P2. The Morgan fingerprint density at radius 3 is 2.62 bits per heavy atom. The second-order valence-electron chi connectivity index (χ2n) is 7.86. The molecule has 0 saturated carbocycles. The van der Waals surface area contributed by atoms with E-state index in [1.165, 1.54) is 6.33 Å². The van der Waals surface area contributed by atoms with Gasteiger partial charge < -0.3 is 34.2 Å². The van der Waals surface area contributed by atoms with Crippen LogP contribution in [0, 0.1) is 6.92 Å². The Morgan fingerprint density at radius 1 is 1.22 bits per heavy atom. The Bertz CT molecular complexity index is 1220. The molecule has 0 amide bonds. The van der Waals surface area contributed by atoms with Gasteiger partial charge in [-0.15, -0.1) is 0 Å². The molecule has 0 radical (unpaired) electrons. The Hall–Kier alpha value is -2.10. The molecule has 1 aromatic carbocycles. The van der Waals surface area contributed by atoms with Gasteiger partial charge in [0.2, 0.25) is 0 Å². The van der Waals surface area contributed by atoms with Gasteiger partial charge >= 0.3 is 15.2 Å².